The minimum absolute atomic E-state index is 0.0128. The lowest BCUT2D eigenvalue weighted by Crippen LogP contribution is -2.45. The van der Waals surface area contributed by atoms with Crippen LogP contribution in [0.25, 0.3) is 0 Å². The van der Waals surface area contributed by atoms with Crippen LogP contribution in [0.5, 0.6) is 0 Å². The van der Waals surface area contributed by atoms with Gasteiger partial charge in [0.25, 0.3) is 7.82 Å². The van der Waals surface area contributed by atoms with Gasteiger partial charge in [-0.1, -0.05) is 297 Å². The van der Waals surface area contributed by atoms with Crippen molar-refractivity contribution in [2.45, 2.75) is 296 Å². The molecule has 8 nitrogen and oxygen atoms in total. The Morgan fingerprint density at radius 2 is 0.782 bits per heavy atom. The predicted molar refractivity (Wildman–Crippen MR) is 339 cm³/mol. The maximum absolute atomic E-state index is 13.0. The molecule has 78 heavy (non-hydrogen) atoms. The molecule has 3 atom stereocenters. The maximum Gasteiger partial charge on any atom is 0.268 e. The Labute approximate surface area is 483 Å². The second-order valence-corrected chi connectivity index (χ2v) is 24.5. The molecule has 0 aliphatic carbocycles. The number of carbonyl (C=O) groups excluding carboxylic acids is 1. The molecule has 0 aromatic heterocycles. The summed E-state index contributed by atoms with van der Waals surface area (Å²) < 4.78 is 23.4. The summed E-state index contributed by atoms with van der Waals surface area (Å²) >= 11 is 0. The Morgan fingerprint density at radius 3 is 1.14 bits per heavy atom. The summed E-state index contributed by atoms with van der Waals surface area (Å²) in [5, 5.41) is 13.9. The Bertz CT molecular complexity index is 1590. The summed E-state index contributed by atoms with van der Waals surface area (Å²) in [4.78, 5) is 25.6. The zero-order chi connectivity index (χ0) is 57.0. The van der Waals surface area contributed by atoms with E-state index < -0.39 is 26.6 Å². The molecule has 3 unspecified atom stereocenters. The number of rotatable bonds is 59. The number of phosphoric ester groups is 1. The van der Waals surface area contributed by atoms with Gasteiger partial charge in [-0.25, -0.2) is 0 Å². The van der Waals surface area contributed by atoms with E-state index in [9.17, 15) is 19.4 Å². The molecule has 0 saturated carbocycles. The van der Waals surface area contributed by atoms with Crippen molar-refractivity contribution in [2.75, 3.05) is 40.9 Å². The van der Waals surface area contributed by atoms with E-state index in [1.807, 2.05) is 27.2 Å². The highest BCUT2D eigenvalue weighted by Gasteiger charge is 2.23. The van der Waals surface area contributed by atoms with Crippen LogP contribution in [0.3, 0.4) is 0 Å². The largest absolute Gasteiger partial charge is 0.756 e. The van der Waals surface area contributed by atoms with Crippen molar-refractivity contribution in [3.8, 4) is 0 Å². The van der Waals surface area contributed by atoms with Crippen molar-refractivity contribution in [3.05, 3.63) is 97.2 Å². The Morgan fingerprint density at radius 1 is 0.462 bits per heavy atom. The molecule has 0 aliphatic rings. The number of hydrogen-bond acceptors (Lipinski definition) is 6. The number of quaternary nitrogens is 1. The second kappa shape index (κ2) is 59.1. The van der Waals surface area contributed by atoms with Gasteiger partial charge >= 0.3 is 0 Å². The molecule has 0 aromatic carbocycles. The number of hydrogen-bond donors (Lipinski definition) is 2. The average molecular weight is 1110 g/mol. The van der Waals surface area contributed by atoms with Crippen LogP contribution < -0.4 is 10.2 Å². The molecule has 1 amide bonds. The molecule has 0 bridgehead atoms. The Balaban J connectivity index is 4.20. The standard InChI is InChI=1S/C69H125N2O6P/c1-6-8-10-12-14-16-18-20-22-24-26-28-30-32-33-34-35-36-37-39-40-42-44-46-48-50-52-54-56-58-60-62-68(72)67(66-77-78(74,75)76-65-64-71(3,4)5)70-69(73)63-61-59-57-55-53-51-49-47-45-43-41-38-31-29-27-25-23-21-19-17-15-13-11-9-7-2/h9,11,15,17,21,23,27,29,38,41,45,47,51,53,60,62,67-68,72H,6-8,10,12-14,16,18-20,22,24-26,28,30-37,39-40,42-44,46,48-50,52,54-59,61,63-66H2,1-5H3,(H-,70,73,74,75)/b11-9-,17-15-,23-21-,29-27-,41-38-,47-45-,53-51-,62-60+. The van der Waals surface area contributed by atoms with Crippen molar-refractivity contribution < 1.29 is 32.9 Å². The van der Waals surface area contributed by atoms with Crippen LogP contribution in [0.2, 0.25) is 0 Å². The highest BCUT2D eigenvalue weighted by Crippen LogP contribution is 2.38. The number of nitrogens with one attached hydrogen (secondary N) is 1. The van der Waals surface area contributed by atoms with Gasteiger partial charge in [0, 0.05) is 6.42 Å². The molecular formula is C69H125N2O6P. The fourth-order valence-corrected chi connectivity index (χ4v) is 9.98. The van der Waals surface area contributed by atoms with E-state index in [-0.39, 0.29) is 12.5 Å². The number of nitrogens with zero attached hydrogens (tertiary/aromatic N) is 1. The normalized spacial score (nSPS) is 14.4. The average Bonchev–Trinajstić information content (AvgIpc) is 3.41. The number of phosphoric acid groups is 1. The summed E-state index contributed by atoms with van der Waals surface area (Å²) in [6.07, 6.45) is 85.1. The van der Waals surface area contributed by atoms with E-state index in [4.69, 9.17) is 9.05 Å². The van der Waals surface area contributed by atoms with Gasteiger partial charge in [0.05, 0.1) is 39.9 Å². The summed E-state index contributed by atoms with van der Waals surface area (Å²) in [6, 6.07) is -0.913. The molecule has 0 rings (SSSR count). The lowest BCUT2D eigenvalue weighted by Gasteiger charge is -2.29. The highest BCUT2D eigenvalue weighted by atomic mass is 31.2. The summed E-state index contributed by atoms with van der Waals surface area (Å²) in [5.74, 6) is -0.230. The van der Waals surface area contributed by atoms with Crippen LogP contribution in [0.4, 0.5) is 0 Å². The number of unbranched alkanes of at least 4 members (excludes halogenated alkanes) is 32. The Hall–Kier alpha value is -2.58. The first kappa shape index (κ1) is 75.4. The van der Waals surface area contributed by atoms with E-state index in [0.29, 0.717) is 23.9 Å². The monoisotopic (exact) mass is 1110 g/mol. The van der Waals surface area contributed by atoms with Gasteiger partial charge in [-0.05, 0) is 77.0 Å². The Kier molecular flexibility index (Phi) is 57.1. The topological polar surface area (TPSA) is 108 Å². The molecule has 0 spiro atoms. The van der Waals surface area contributed by atoms with Crippen LogP contribution in [0, 0.1) is 0 Å². The molecule has 0 aliphatic heterocycles. The first-order valence-electron chi connectivity index (χ1n) is 32.6. The van der Waals surface area contributed by atoms with Crippen LogP contribution in [0.1, 0.15) is 284 Å². The predicted octanol–water partition coefficient (Wildman–Crippen LogP) is 19.9. The van der Waals surface area contributed by atoms with Crippen molar-refractivity contribution in [1.82, 2.24) is 5.32 Å². The minimum Gasteiger partial charge on any atom is -0.756 e. The third kappa shape index (κ3) is 61.0. The van der Waals surface area contributed by atoms with Gasteiger partial charge in [-0.2, -0.15) is 0 Å². The van der Waals surface area contributed by atoms with Gasteiger partial charge in [-0.15, -0.1) is 0 Å². The van der Waals surface area contributed by atoms with E-state index in [1.54, 1.807) is 6.08 Å². The number of likely N-dealkylation sites (N-methyl/N-ethyl adjacent to an activating group) is 1. The van der Waals surface area contributed by atoms with Crippen LogP contribution >= 0.6 is 7.82 Å². The van der Waals surface area contributed by atoms with E-state index >= 15 is 0 Å². The van der Waals surface area contributed by atoms with E-state index in [1.165, 1.54) is 173 Å². The summed E-state index contributed by atoms with van der Waals surface area (Å²) in [6.45, 7) is 4.53. The minimum atomic E-state index is -4.62. The molecular weight excluding hydrogens is 984 g/mol. The van der Waals surface area contributed by atoms with Gasteiger partial charge in [0.1, 0.15) is 13.2 Å². The van der Waals surface area contributed by atoms with E-state index in [0.717, 1.165) is 83.5 Å². The maximum atomic E-state index is 13.0. The summed E-state index contributed by atoms with van der Waals surface area (Å²) in [7, 11) is 1.23. The summed E-state index contributed by atoms with van der Waals surface area (Å²) in [5.41, 5.74) is 0. The molecule has 0 radical (unpaired) electrons. The zero-order valence-electron chi connectivity index (χ0n) is 51.6. The first-order chi connectivity index (χ1) is 38.0. The first-order valence-corrected chi connectivity index (χ1v) is 34.1. The van der Waals surface area contributed by atoms with Crippen LogP contribution in [-0.2, 0) is 18.4 Å². The molecule has 0 fully saturated rings. The lowest BCUT2D eigenvalue weighted by atomic mass is 10.0. The quantitative estimate of drug-likeness (QED) is 0.0272. The van der Waals surface area contributed by atoms with Gasteiger partial charge < -0.3 is 28.8 Å². The highest BCUT2D eigenvalue weighted by molar-refractivity contribution is 7.45. The molecule has 0 aromatic rings. The van der Waals surface area contributed by atoms with Gasteiger partial charge in [0.15, 0.2) is 0 Å². The van der Waals surface area contributed by atoms with Crippen molar-refractivity contribution in [1.29, 1.82) is 0 Å². The molecule has 0 saturated heterocycles. The van der Waals surface area contributed by atoms with Crippen molar-refractivity contribution >= 4 is 13.7 Å². The smallest absolute Gasteiger partial charge is 0.268 e. The fraction of sp³-hybridized carbons (Fsp3) is 0.754. The lowest BCUT2D eigenvalue weighted by molar-refractivity contribution is -0.870. The van der Waals surface area contributed by atoms with Crippen molar-refractivity contribution in [3.63, 3.8) is 0 Å². The molecule has 9 heteroatoms. The third-order valence-electron chi connectivity index (χ3n) is 14.3. The molecule has 0 heterocycles. The van der Waals surface area contributed by atoms with E-state index in [2.05, 4.69) is 104 Å². The van der Waals surface area contributed by atoms with Gasteiger partial charge in [0.2, 0.25) is 5.91 Å². The second-order valence-electron chi connectivity index (χ2n) is 23.1. The number of carbonyl (C=O) groups is 1. The molecule has 2 N–H and O–H groups in total. The number of aliphatic hydroxyl groups is 1. The number of allylic oxidation sites excluding steroid dienone is 15. The van der Waals surface area contributed by atoms with Crippen molar-refractivity contribution in [2.24, 2.45) is 0 Å². The zero-order valence-corrected chi connectivity index (χ0v) is 52.5. The van der Waals surface area contributed by atoms with Crippen LogP contribution in [0.15, 0.2) is 97.2 Å². The number of aliphatic hydroxyl groups excluding tert-OH is 1. The van der Waals surface area contributed by atoms with Crippen LogP contribution in [-0.4, -0.2) is 68.5 Å². The molecule has 452 valence electrons. The third-order valence-corrected chi connectivity index (χ3v) is 15.3. The number of amides is 1. The SMILES string of the molecule is CC/C=C\C/C=C\C/C=C\C/C=C\C/C=C\C/C=C\C/C=C\CCCCCC(=O)NC(COP(=O)([O-])OCC[N+](C)(C)C)C(O)/C=C/CCCCCCCCCCCCCCCCCCCCCCCCCCCCCCC. The van der Waals surface area contributed by atoms with Gasteiger partial charge in [-0.3, -0.25) is 9.36 Å². The fourth-order valence-electron chi connectivity index (χ4n) is 9.25.